The summed E-state index contributed by atoms with van der Waals surface area (Å²) in [7, 11) is 0. The zero-order chi connectivity index (χ0) is 13.2. The fourth-order valence-corrected chi connectivity index (χ4v) is 2.39. The van der Waals surface area contributed by atoms with E-state index in [2.05, 4.69) is 15.2 Å². The van der Waals surface area contributed by atoms with E-state index in [4.69, 9.17) is 0 Å². The van der Waals surface area contributed by atoms with Gasteiger partial charge in [0.1, 0.15) is 0 Å². The average Bonchev–Trinajstić information content (AvgIpc) is 3.09. The van der Waals surface area contributed by atoms with Gasteiger partial charge in [0.25, 0.3) is 5.69 Å². The number of aromatic amines is 1. The maximum atomic E-state index is 11.0. The fraction of sp³-hybridized carbons (Fsp3) is 0. The molecule has 3 aromatic rings. The van der Waals surface area contributed by atoms with Gasteiger partial charge < -0.3 is 0 Å². The van der Waals surface area contributed by atoms with E-state index in [1.54, 1.807) is 18.2 Å². The van der Waals surface area contributed by atoms with Crippen molar-refractivity contribution in [2.75, 3.05) is 0 Å². The monoisotopic (exact) mass is 272 g/mol. The minimum absolute atomic E-state index is 0.000713. The Labute approximate surface area is 111 Å². The number of rotatable bonds is 3. The van der Waals surface area contributed by atoms with Crippen molar-refractivity contribution in [2.24, 2.45) is 0 Å². The summed E-state index contributed by atoms with van der Waals surface area (Å²) in [4.78, 5) is 15.8. The Bertz CT molecular complexity index is 721. The Balaban J connectivity index is 2.06. The Kier molecular flexibility index (Phi) is 2.81. The van der Waals surface area contributed by atoms with Crippen LogP contribution in [0.4, 0.5) is 5.69 Å². The highest BCUT2D eigenvalue weighted by Gasteiger charge is 2.18. The maximum Gasteiger partial charge on any atom is 0.280 e. The second-order valence-corrected chi connectivity index (χ2v) is 4.71. The molecule has 7 heteroatoms. The molecule has 0 aliphatic carbocycles. The molecule has 0 unspecified atom stereocenters. The summed E-state index contributed by atoms with van der Waals surface area (Å²) in [5.41, 5.74) is 0.408. The van der Waals surface area contributed by atoms with Crippen LogP contribution >= 0.6 is 11.3 Å². The number of nitro benzene ring substituents is 1. The van der Waals surface area contributed by atoms with Crippen molar-refractivity contribution in [1.82, 2.24) is 15.2 Å². The molecule has 0 saturated heterocycles. The number of thiophene rings is 1. The van der Waals surface area contributed by atoms with E-state index in [-0.39, 0.29) is 5.69 Å². The highest BCUT2D eigenvalue weighted by molar-refractivity contribution is 7.13. The van der Waals surface area contributed by atoms with E-state index in [0.717, 1.165) is 4.88 Å². The zero-order valence-electron chi connectivity index (χ0n) is 9.61. The molecule has 0 aliphatic heterocycles. The van der Waals surface area contributed by atoms with Gasteiger partial charge in [0.05, 0.1) is 15.4 Å². The summed E-state index contributed by atoms with van der Waals surface area (Å²) in [6, 6.07) is 10.2. The smallest absolute Gasteiger partial charge is 0.258 e. The van der Waals surface area contributed by atoms with Gasteiger partial charge in [0.2, 0.25) is 0 Å². The number of para-hydroxylation sites is 1. The van der Waals surface area contributed by atoms with Gasteiger partial charge in [0, 0.05) is 6.07 Å². The van der Waals surface area contributed by atoms with E-state index >= 15 is 0 Å². The van der Waals surface area contributed by atoms with Gasteiger partial charge in [-0.3, -0.25) is 15.2 Å². The summed E-state index contributed by atoms with van der Waals surface area (Å²) in [5, 5.41) is 19.8. The van der Waals surface area contributed by atoms with Crippen LogP contribution in [0.3, 0.4) is 0 Å². The van der Waals surface area contributed by atoms with Crippen molar-refractivity contribution in [2.45, 2.75) is 0 Å². The largest absolute Gasteiger partial charge is 0.280 e. The van der Waals surface area contributed by atoms with Crippen LogP contribution in [0.2, 0.25) is 0 Å². The van der Waals surface area contributed by atoms with Gasteiger partial charge in [-0.1, -0.05) is 18.2 Å². The number of hydrogen-bond acceptors (Lipinski definition) is 5. The van der Waals surface area contributed by atoms with E-state index < -0.39 is 4.92 Å². The molecule has 2 heterocycles. The maximum absolute atomic E-state index is 11.0. The average molecular weight is 272 g/mol. The summed E-state index contributed by atoms with van der Waals surface area (Å²) >= 11 is 1.53. The van der Waals surface area contributed by atoms with Crippen molar-refractivity contribution in [3.05, 3.63) is 51.9 Å². The Morgan fingerprint density at radius 2 is 2.05 bits per heavy atom. The van der Waals surface area contributed by atoms with Crippen LogP contribution in [0.15, 0.2) is 41.8 Å². The van der Waals surface area contributed by atoms with E-state index in [1.165, 1.54) is 17.4 Å². The molecule has 0 bridgehead atoms. The quantitative estimate of drug-likeness (QED) is 0.586. The van der Waals surface area contributed by atoms with Gasteiger partial charge >= 0.3 is 0 Å². The fourth-order valence-electron chi connectivity index (χ4n) is 1.73. The van der Waals surface area contributed by atoms with E-state index in [9.17, 15) is 10.1 Å². The molecule has 0 atom stereocenters. The van der Waals surface area contributed by atoms with Crippen molar-refractivity contribution >= 4 is 17.0 Å². The normalized spacial score (nSPS) is 10.5. The zero-order valence-corrected chi connectivity index (χ0v) is 10.4. The molecule has 0 aliphatic rings. The number of H-pyrrole nitrogens is 1. The van der Waals surface area contributed by atoms with Gasteiger partial charge in [-0.2, -0.15) is 5.10 Å². The third-order valence-corrected chi connectivity index (χ3v) is 3.46. The van der Waals surface area contributed by atoms with Gasteiger partial charge in [-0.25, -0.2) is 4.98 Å². The summed E-state index contributed by atoms with van der Waals surface area (Å²) in [6.45, 7) is 0. The molecule has 19 heavy (non-hydrogen) atoms. The molecule has 0 fully saturated rings. The Morgan fingerprint density at radius 3 is 2.79 bits per heavy atom. The molecule has 3 rings (SSSR count). The molecule has 2 aromatic heterocycles. The second kappa shape index (κ2) is 4.62. The molecule has 1 N–H and O–H groups in total. The molecule has 0 saturated carbocycles. The van der Waals surface area contributed by atoms with Gasteiger partial charge in [0.15, 0.2) is 11.6 Å². The number of benzene rings is 1. The molecule has 0 radical (unpaired) electrons. The summed E-state index contributed by atoms with van der Waals surface area (Å²) in [5.74, 6) is 0.943. The first kappa shape index (κ1) is 11.5. The van der Waals surface area contributed by atoms with Crippen LogP contribution in [-0.2, 0) is 0 Å². The molecule has 6 nitrogen and oxygen atoms in total. The van der Waals surface area contributed by atoms with Crippen LogP contribution in [0.25, 0.3) is 22.1 Å². The molecule has 0 spiro atoms. The number of nitrogens with one attached hydrogen (secondary N) is 1. The third-order valence-electron chi connectivity index (χ3n) is 2.58. The van der Waals surface area contributed by atoms with E-state index in [0.29, 0.717) is 17.2 Å². The SMILES string of the molecule is O=[N+]([O-])c1ccccc1-c1n[nH]c(-c2cccs2)n1. The third kappa shape index (κ3) is 2.11. The second-order valence-electron chi connectivity index (χ2n) is 3.76. The van der Waals surface area contributed by atoms with Crippen LogP contribution < -0.4 is 0 Å². The molecular weight excluding hydrogens is 264 g/mol. The first-order valence-electron chi connectivity index (χ1n) is 5.46. The lowest BCUT2D eigenvalue weighted by Gasteiger charge is -1.96. The predicted molar refractivity (Wildman–Crippen MR) is 71.8 cm³/mol. The van der Waals surface area contributed by atoms with Crippen molar-refractivity contribution in [3.8, 4) is 22.1 Å². The highest BCUT2D eigenvalue weighted by atomic mass is 32.1. The highest BCUT2D eigenvalue weighted by Crippen LogP contribution is 2.29. The number of hydrogen-bond donors (Lipinski definition) is 1. The Morgan fingerprint density at radius 1 is 1.21 bits per heavy atom. The van der Waals surface area contributed by atoms with Crippen molar-refractivity contribution in [3.63, 3.8) is 0 Å². The standard InChI is InChI=1S/C12H8N4O2S/c17-16(18)9-5-2-1-4-8(9)11-13-12(15-14-11)10-6-3-7-19-10/h1-7H,(H,13,14,15). The molecular formula is C12H8N4O2S. The van der Waals surface area contributed by atoms with Crippen LogP contribution in [-0.4, -0.2) is 20.1 Å². The predicted octanol–water partition coefficient (Wildman–Crippen LogP) is 3.11. The minimum Gasteiger partial charge on any atom is -0.258 e. The lowest BCUT2D eigenvalue weighted by atomic mass is 10.2. The van der Waals surface area contributed by atoms with Crippen LogP contribution in [0.1, 0.15) is 0 Å². The summed E-state index contributed by atoms with van der Waals surface area (Å²) < 4.78 is 0. The first-order valence-corrected chi connectivity index (χ1v) is 6.34. The van der Waals surface area contributed by atoms with Gasteiger partial charge in [-0.05, 0) is 17.5 Å². The van der Waals surface area contributed by atoms with E-state index in [1.807, 2.05) is 17.5 Å². The Hall–Kier alpha value is -2.54. The number of nitrogens with zero attached hydrogens (tertiary/aromatic N) is 3. The lowest BCUT2D eigenvalue weighted by Crippen LogP contribution is -1.92. The minimum atomic E-state index is -0.434. The van der Waals surface area contributed by atoms with Crippen LogP contribution in [0.5, 0.6) is 0 Å². The van der Waals surface area contributed by atoms with Crippen molar-refractivity contribution in [1.29, 1.82) is 0 Å². The topological polar surface area (TPSA) is 84.7 Å². The molecule has 1 aromatic carbocycles. The number of aromatic nitrogens is 3. The lowest BCUT2D eigenvalue weighted by molar-refractivity contribution is -0.384. The summed E-state index contributed by atoms with van der Waals surface area (Å²) in [6.07, 6.45) is 0. The van der Waals surface area contributed by atoms with Crippen molar-refractivity contribution < 1.29 is 4.92 Å². The number of nitro groups is 1. The molecule has 0 amide bonds. The van der Waals surface area contributed by atoms with Gasteiger partial charge in [-0.15, -0.1) is 11.3 Å². The molecule has 94 valence electrons. The first-order chi connectivity index (χ1) is 9.25. The van der Waals surface area contributed by atoms with Crippen LogP contribution in [0, 0.1) is 10.1 Å².